The molecule has 1 atom stereocenters. The third kappa shape index (κ3) is 2.24. The van der Waals surface area contributed by atoms with Crippen LogP contribution in [-0.2, 0) is 0 Å². The Hall–Kier alpha value is -1.36. The first-order valence-corrected chi connectivity index (χ1v) is 5.65. The van der Waals surface area contributed by atoms with Crippen LogP contribution in [0.3, 0.4) is 0 Å². The van der Waals surface area contributed by atoms with E-state index in [-0.39, 0.29) is 0 Å². The molecule has 1 saturated heterocycles. The third-order valence-corrected chi connectivity index (χ3v) is 3.20. The van der Waals surface area contributed by atoms with Crippen molar-refractivity contribution in [1.82, 2.24) is 14.9 Å². The monoisotopic (exact) mass is 221 g/mol. The van der Waals surface area contributed by atoms with Crippen molar-refractivity contribution >= 4 is 11.5 Å². The maximum atomic E-state index is 5.88. The van der Waals surface area contributed by atoms with Gasteiger partial charge >= 0.3 is 0 Å². The van der Waals surface area contributed by atoms with Crippen LogP contribution in [0.1, 0.15) is 12.8 Å². The highest BCUT2D eigenvalue weighted by molar-refractivity contribution is 5.61. The smallest absolute Gasteiger partial charge is 0.155 e. The quantitative estimate of drug-likeness (QED) is 0.792. The fourth-order valence-electron chi connectivity index (χ4n) is 2.26. The van der Waals surface area contributed by atoms with Gasteiger partial charge in [-0.15, -0.1) is 0 Å². The van der Waals surface area contributed by atoms with Crippen molar-refractivity contribution in [1.29, 1.82) is 0 Å². The van der Waals surface area contributed by atoms with Gasteiger partial charge in [0.15, 0.2) is 5.82 Å². The van der Waals surface area contributed by atoms with Gasteiger partial charge in [-0.2, -0.15) is 0 Å². The summed E-state index contributed by atoms with van der Waals surface area (Å²) in [5, 5.41) is 0. The van der Waals surface area contributed by atoms with Crippen LogP contribution in [0.4, 0.5) is 11.5 Å². The van der Waals surface area contributed by atoms with Gasteiger partial charge in [0.2, 0.25) is 0 Å². The number of anilines is 2. The predicted molar refractivity (Wildman–Crippen MR) is 65.4 cm³/mol. The average Bonchev–Trinajstić information content (AvgIpc) is 2.29. The van der Waals surface area contributed by atoms with Crippen molar-refractivity contribution in [2.75, 3.05) is 37.8 Å². The second-order valence-electron chi connectivity index (χ2n) is 4.47. The average molecular weight is 221 g/mol. The van der Waals surface area contributed by atoms with Crippen LogP contribution in [0.5, 0.6) is 0 Å². The van der Waals surface area contributed by atoms with E-state index >= 15 is 0 Å². The largest absolute Gasteiger partial charge is 0.394 e. The van der Waals surface area contributed by atoms with E-state index in [1.165, 1.54) is 19.4 Å². The summed E-state index contributed by atoms with van der Waals surface area (Å²) in [6, 6.07) is 0.496. The molecule has 0 aliphatic carbocycles. The number of rotatable bonds is 2. The summed E-state index contributed by atoms with van der Waals surface area (Å²) in [7, 11) is 4.21. The molecule has 0 bridgehead atoms. The highest BCUT2D eigenvalue weighted by atomic mass is 15.2. The van der Waals surface area contributed by atoms with Crippen molar-refractivity contribution < 1.29 is 0 Å². The number of likely N-dealkylation sites (N-methyl/N-ethyl adjacent to an activating group) is 2. The Morgan fingerprint density at radius 3 is 3.06 bits per heavy atom. The van der Waals surface area contributed by atoms with Gasteiger partial charge in [0, 0.05) is 19.6 Å². The predicted octanol–water partition coefficient (Wildman–Crippen LogP) is 0.589. The van der Waals surface area contributed by atoms with Crippen LogP contribution in [0.25, 0.3) is 0 Å². The lowest BCUT2D eigenvalue weighted by atomic mass is 10.1. The van der Waals surface area contributed by atoms with Crippen LogP contribution in [0.2, 0.25) is 0 Å². The van der Waals surface area contributed by atoms with Gasteiger partial charge in [-0.25, -0.2) is 9.97 Å². The van der Waals surface area contributed by atoms with Gasteiger partial charge in [0.1, 0.15) is 6.33 Å². The molecule has 2 rings (SSSR count). The topological polar surface area (TPSA) is 58.3 Å². The number of nitrogens with zero attached hydrogens (tertiary/aromatic N) is 4. The molecule has 1 aromatic heterocycles. The zero-order chi connectivity index (χ0) is 11.5. The molecule has 88 valence electrons. The summed E-state index contributed by atoms with van der Waals surface area (Å²) in [5.41, 5.74) is 6.53. The van der Waals surface area contributed by atoms with Crippen LogP contribution in [-0.4, -0.2) is 48.1 Å². The second kappa shape index (κ2) is 4.65. The fourth-order valence-corrected chi connectivity index (χ4v) is 2.26. The second-order valence-corrected chi connectivity index (χ2v) is 4.47. The molecule has 0 radical (unpaired) electrons. The van der Waals surface area contributed by atoms with Gasteiger partial charge in [-0.05, 0) is 26.4 Å². The minimum Gasteiger partial charge on any atom is -0.394 e. The number of likely N-dealkylation sites (tertiary alicyclic amines) is 1. The molecule has 1 fully saturated rings. The molecule has 0 aromatic carbocycles. The Bertz CT molecular complexity index is 354. The zero-order valence-corrected chi connectivity index (χ0v) is 9.93. The van der Waals surface area contributed by atoms with Gasteiger partial charge < -0.3 is 15.5 Å². The molecule has 1 aliphatic heterocycles. The Morgan fingerprint density at radius 2 is 2.38 bits per heavy atom. The number of aromatic nitrogens is 2. The van der Waals surface area contributed by atoms with E-state index in [9.17, 15) is 0 Å². The lowest BCUT2D eigenvalue weighted by Gasteiger charge is -2.36. The van der Waals surface area contributed by atoms with Crippen molar-refractivity contribution in [3.63, 3.8) is 0 Å². The molecule has 5 nitrogen and oxygen atoms in total. The highest BCUT2D eigenvalue weighted by Crippen LogP contribution is 2.22. The van der Waals surface area contributed by atoms with E-state index in [1.54, 1.807) is 12.5 Å². The molecule has 0 saturated carbocycles. The molecule has 0 amide bonds. The first-order chi connectivity index (χ1) is 7.68. The molecule has 0 spiro atoms. The lowest BCUT2D eigenvalue weighted by molar-refractivity contribution is 0.247. The standard InChI is InChI=1S/C11H19N5/c1-15-5-3-4-9(7-15)16(2)11-10(12)6-13-8-14-11/h6,8-9H,3-5,7,12H2,1-2H3. The number of hydrogen-bond acceptors (Lipinski definition) is 5. The van der Waals surface area contributed by atoms with E-state index < -0.39 is 0 Å². The maximum Gasteiger partial charge on any atom is 0.155 e. The van der Waals surface area contributed by atoms with E-state index in [2.05, 4.69) is 33.9 Å². The SMILES string of the molecule is CN1CCCC(N(C)c2ncncc2N)C1. The van der Waals surface area contributed by atoms with E-state index in [0.717, 1.165) is 12.4 Å². The highest BCUT2D eigenvalue weighted by Gasteiger charge is 2.22. The van der Waals surface area contributed by atoms with E-state index in [0.29, 0.717) is 11.7 Å². The number of piperidine rings is 1. The molecule has 1 aromatic rings. The maximum absolute atomic E-state index is 5.88. The summed E-state index contributed by atoms with van der Waals surface area (Å²) in [6.45, 7) is 2.25. The van der Waals surface area contributed by atoms with Crippen LogP contribution in [0.15, 0.2) is 12.5 Å². The normalized spacial score (nSPS) is 22.0. The molecule has 2 N–H and O–H groups in total. The minimum atomic E-state index is 0.496. The summed E-state index contributed by atoms with van der Waals surface area (Å²) >= 11 is 0. The van der Waals surface area contributed by atoms with Crippen LogP contribution < -0.4 is 10.6 Å². The third-order valence-electron chi connectivity index (χ3n) is 3.20. The van der Waals surface area contributed by atoms with Crippen molar-refractivity contribution in [2.45, 2.75) is 18.9 Å². The molecule has 5 heteroatoms. The molecular weight excluding hydrogens is 202 g/mol. The molecule has 1 aliphatic rings. The van der Waals surface area contributed by atoms with Gasteiger partial charge in [0.25, 0.3) is 0 Å². The van der Waals surface area contributed by atoms with Crippen molar-refractivity contribution in [3.05, 3.63) is 12.5 Å². The molecule has 1 unspecified atom stereocenters. The Labute approximate surface area is 96.3 Å². The van der Waals surface area contributed by atoms with Gasteiger partial charge in [-0.3, -0.25) is 0 Å². The molecular formula is C11H19N5. The fraction of sp³-hybridized carbons (Fsp3) is 0.636. The van der Waals surface area contributed by atoms with Crippen molar-refractivity contribution in [3.8, 4) is 0 Å². The Balaban J connectivity index is 2.12. The summed E-state index contributed by atoms with van der Waals surface area (Å²) in [4.78, 5) is 12.7. The minimum absolute atomic E-state index is 0.496. The lowest BCUT2D eigenvalue weighted by Crippen LogP contribution is -2.45. The van der Waals surface area contributed by atoms with E-state index in [1.807, 2.05) is 0 Å². The summed E-state index contributed by atoms with van der Waals surface area (Å²) in [6.07, 6.45) is 5.64. The summed E-state index contributed by atoms with van der Waals surface area (Å²) < 4.78 is 0. The van der Waals surface area contributed by atoms with Crippen molar-refractivity contribution in [2.24, 2.45) is 0 Å². The molecule has 2 heterocycles. The Morgan fingerprint density at radius 1 is 1.56 bits per heavy atom. The number of nitrogen functional groups attached to an aromatic ring is 1. The van der Waals surface area contributed by atoms with Crippen LogP contribution >= 0.6 is 0 Å². The van der Waals surface area contributed by atoms with Gasteiger partial charge in [0.05, 0.1) is 11.9 Å². The molecule has 16 heavy (non-hydrogen) atoms. The number of nitrogens with two attached hydrogens (primary N) is 1. The first kappa shape index (κ1) is 11.1. The summed E-state index contributed by atoms with van der Waals surface area (Å²) in [5.74, 6) is 0.843. The number of hydrogen-bond donors (Lipinski definition) is 1. The van der Waals surface area contributed by atoms with E-state index in [4.69, 9.17) is 5.73 Å². The first-order valence-electron chi connectivity index (χ1n) is 5.65. The van der Waals surface area contributed by atoms with Crippen LogP contribution in [0, 0.1) is 0 Å². The zero-order valence-electron chi connectivity index (χ0n) is 9.93. The van der Waals surface area contributed by atoms with Gasteiger partial charge in [-0.1, -0.05) is 0 Å². The Kier molecular flexibility index (Phi) is 3.24.